The Morgan fingerprint density at radius 2 is 1.76 bits per heavy atom. The number of hydrazine groups is 1. The normalized spacial score (nSPS) is 10.6. The van der Waals surface area contributed by atoms with Crippen LogP contribution in [0.2, 0.25) is 0 Å². The molecule has 4 aromatic rings. The van der Waals surface area contributed by atoms with E-state index in [1.165, 1.54) is 18.3 Å². The minimum absolute atomic E-state index is 0.179. The number of benzene rings is 2. The van der Waals surface area contributed by atoms with Crippen LogP contribution >= 0.6 is 0 Å². The highest BCUT2D eigenvalue weighted by Gasteiger charge is 2.19. The quantitative estimate of drug-likeness (QED) is 0.393. The topological polar surface area (TPSA) is 114 Å². The zero-order chi connectivity index (χ0) is 23.4. The minimum atomic E-state index is -0.556. The first kappa shape index (κ1) is 21.8. The molecule has 0 aliphatic rings. The number of nitrogens with one attached hydrogen (secondary N) is 3. The fraction of sp³-hybridized carbons (Fsp3) is 0.130. The van der Waals surface area contributed by atoms with Crippen LogP contribution in [0, 0.1) is 5.82 Å². The second kappa shape index (κ2) is 9.35. The number of ether oxygens (including phenoxy) is 1. The Balaban J connectivity index is 1.43. The summed E-state index contributed by atoms with van der Waals surface area (Å²) in [5.74, 6) is -0.731. The van der Waals surface area contributed by atoms with Crippen LogP contribution in [-0.4, -0.2) is 38.9 Å². The van der Waals surface area contributed by atoms with Crippen LogP contribution in [0.1, 0.15) is 33.5 Å². The molecule has 9 nitrogen and oxygen atoms in total. The molecular formula is C23H21FN6O3. The molecule has 33 heavy (non-hydrogen) atoms. The van der Waals surface area contributed by atoms with Gasteiger partial charge in [0.25, 0.3) is 11.8 Å². The average molecular weight is 448 g/mol. The second-order valence-corrected chi connectivity index (χ2v) is 7.05. The van der Waals surface area contributed by atoms with Gasteiger partial charge in [-0.15, -0.1) is 0 Å². The molecule has 0 bridgehead atoms. The zero-order valence-corrected chi connectivity index (χ0v) is 17.9. The van der Waals surface area contributed by atoms with E-state index in [1.54, 1.807) is 42.1 Å². The number of hydrogen-bond donors (Lipinski definition) is 3. The summed E-state index contributed by atoms with van der Waals surface area (Å²) in [6, 6.07) is 14.6. The number of nitrogens with zero attached hydrogens (tertiary/aromatic N) is 3. The highest BCUT2D eigenvalue weighted by molar-refractivity contribution is 5.99. The number of carbonyl (C=O) groups is 2. The molecule has 0 unspecified atom stereocenters. The summed E-state index contributed by atoms with van der Waals surface area (Å²) < 4.78 is 19.9. The first-order valence-corrected chi connectivity index (χ1v) is 10.1. The van der Waals surface area contributed by atoms with E-state index in [-0.39, 0.29) is 11.5 Å². The number of H-pyrrole nitrogens is 1. The summed E-state index contributed by atoms with van der Waals surface area (Å²) in [7, 11) is 1.58. The van der Waals surface area contributed by atoms with Crippen molar-refractivity contribution in [2.24, 2.45) is 0 Å². The van der Waals surface area contributed by atoms with Gasteiger partial charge in [-0.2, -0.15) is 10.2 Å². The Labute approximate surface area is 188 Å². The van der Waals surface area contributed by atoms with Crippen LogP contribution in [-0.2, 0) is 6.42 Å². The first-order valence-electron chi connectivity index (χ1n) is 10.1. The maximum atomic E-state index is 13.2. The van der Waals surface area contributed by atoms with E-state index in [0.29, 0.717) is 34.8 Å². The molecule has 0 aliphatic heterocycles. The lowest BCUT2D eigenvalue weighted by Gasteiger charge is -2.09. The number of amides is 2. The van der Waals surface area contributed by atoms with Gasteiger partial charge in [-0.3, -0.25) is 25.5 Å². The van der Waals surface area contributed by atoms with Gasteiger partial charge in [-0.25, -0.2) is 9.07 Å². The summed E-state index contributed by atoms with van der Waals surface area (Å²) in [5.41, 5.74) is 7.86. The molecule has 0 aliphatic carbocycles. The van der Waals surface area contributed by atoms with E-state index in [4.69, 9.17) is 4.74 Å². The molecule has 10 heteroatoms. The number of aromatic amines is 1. The smallest absolute Gasteiger partial charge is 0.287 e. The Bertz CT molecular complexity index is 1280. The van der Waals surface area contributed by atoms with Crippen LogP contribution < -0.4 is 15.6 Å². The Hall–Kier alpha value is -4.47. The van der Waals surface area contributed by atoms with Crippen molar-refractivity contribution < 1.29 is 18.7 Å². The molecule has 4 rings (SSSR count). The van der Waals surface area contributed by atoms with Crippen LogP contribution in [0.3, 0.4) is 0 Å². The summed E-state index contributed by atoms with van der Waals surface area (Å²) in [5, 5.41) is 11.0. The van der Waals surface area contributed by atoms with E-state index < -0.39 is 11.8 Å². The van der Waals surface area contributed by atoms with Crippen LogP contribution in [0.4, 0.5) is 4.39 Å². The third-order valence-corrected chi connectivity index (χ3v) is 5.02. The lowest BCUT2D eigenvalue weighted by molar-refractivity contribution is 0.0843. The highest BCUT2D eigenvalue weighted by Crippen LogP contribution is 2.21. The molecule has 0 saturated heterocycles. The van der Waals surface area contributed by atoms with Gasteiger partial charge < -0.3 is 4.74 Å². The predicted molar refractivity (Wildman–Crippen MR) is 118 cm³/mol. The molecule has 0 saturated carbocycles. The first-order chi connectivity index (χ1) is 16.0. The van der Waals surface area contributed by atoms with Gasteiger partial charge in [-0.05, 0) is 61.0 Å². The van der Waals surface area contributed by atoms with E-state index in [9.17, 15) is 14.0 Å². The molecule has 0 radical (unpaired) electrons. The molecule has 2 heterocycles. The van der Waals surface area contributed by atoms with Gasteiger partial charge in [0.05, 0.1) is 35.9 Å². The van der Waals surface area contributed by atoms with Crippen molar-refractivity contribution in [1.82, 2.24) is 30.8 Å². The number of halogens is 1. The largest absolute Gasteiger partial charge is 0.497 e. The third kappa shape index (κ3) is 4.59. The zero-order valence-electron chi connectivity index (χ0n) is 17.9. The van der Waals surface area contributed by atoms with Gasteiger partial charge >= 0.3 is 0 Å². The van der Waals surface area contributed by atoms with Crippen LogP contribution in [0.15, 0.2) is 60.8 Å². The Kier molecular flexibility index (Phi) is 6.16. The van der Waals surface area contributed by atoms with Crippen LogP contribution in [0.5, 0.6) is 5.75 Å². The van der Waals surface area contributed by atoms with Gasteiger partial charge in [0.1, 0.15) is 17.3 Å². The lowest BCUT2D eigenvalue weighted by atomic mass is 10.1. The van der Waals surface area contributed by atoms with Gasteiger partial charge in [0, 0.05) is 5.56 Å². The van der Waals surface area contributed by atoms with Crippen LogP contribution in [0.25, 0.3) is 16.9 Å². The molecule has 2 aromatic heterocycles. The van der Waals surface area contributed by atoms with Crippen molar-refractivity contribution >= 4 is 11.8 Å². The maximum absolute atomic E-state index is 13.2. The maximum Gasteiger partial charge on any atom is 0.287 e. The average Bonchev–Trinajstić information content (AvgIpc) is 3.50. The van der Waals surface area contributed by atoms with Crippen molar-refractivity contribution in [2.75, 3.05) is 7.11 Å². The van der Waals surface area contributed by atoms with Crippen molar-refractivity contribution in [3.8, 4) is 22.7 Å². The van der Waals surface area contributed by atoms with Crippen molar-refractivity contribution in [3.05, 3.63) is 83.6 Å². The van der Waals surface area contributed by atoms with Crippen molar-refractivity contribution in [1.29, 1.82) is 0 Å². The predicted octanol–water partition coefficient (Wildman–Crippen LogP) is 3.05. The molecular weight excluding hydrogens is 427 g/mol. The fourth-order valence-electron chi connectivity index (χ4n) is 3.30. The number of methoxy groups -OCH3 is 1. The SMILES string of the molecule is CCc1c(C(=O)NNC(=O)c2cc(-c3ccc(OC)cc3)n[nH]2)cnn1-c1ccc(F)cc1. The number of rotatable bonds is 6. The van der Waals surface area contributed by atoms with Gasteiger partial charge in [0.15, 0.2) is 0 Å². The fourth-order valence-corrected chi connectivity index (χ4v) is 3.30. The van der Waals surface area contributed by atoms with E-state index >= 15 is 0 Å². The third-order valence-electron chi connectivity index (χ3n) is 5.02. The summed E-state index contributed by atoms with van der Waals surface area (Å²) in [4.78, 5) is 25.1. The monoisotopic (exact) mass is 448 g/mol. The highest BCUT2D eigenvalue weighted by atomic mass is 19.1. The van der Waals surface area contributed by atoms with E-state index in [1.807, 2.05) is 19.1 Å². The van der Waals surface area contributed by atoms with Gasteiger partial charge in [-0.1, -0.05) is 6.92 Å². The van der Waals surface area contributed by atoms with Crippen molar-refractivity contribution in [3.63, 3.8) is 0 Å². The minimum Gasteiger partial charge on any atom is -0.497 e. The number of aromatic nitrogens is 4. The molecule has 0 fully saturated rings. The Morgan fingerprint density at radius 3 is 2.42 bits per heavy atom. The molecule has 2 aromatic carbocycles. The van der Waals surface area contributed by atoms with E-state index in [0.717, 1.165) is 5.56 Å². The number of hydrogen-bond acceptors (Lipinski definition) is 5. The van der Waals surface area contributed by atoms with Gasteiger partial charge in [0.2, 0.25) is 0 Å². The van der Waals surface area contributed by atoms with Crippen molar-refractivity contribution in [2.45, 2.75) is 13.3 Å². The summed E-state index contributed by atoms with van der Waals surface area (Å²) in [6.07, 6.45) is 1.90. The standard InChI is InChI=1S/C23H21FN6O3/c1-3-21-18(13-25-30(21)16-8-6-15(24)7-9-16)22(31)28-29-23(32)20-12-19(26-27-20)14-4-10-17(33-2)11-5-14/h4-13H,3H2,1-2H3,(H,26,27)(H,28,31)(H,29,32). The molecule has 168 valence electrons. The Morgan fingerprint density at radius 1 is 1.06 bits per heavy atom. The summed E-state index contributed by atoms with van der Waals surface area (Å²) in [6.45, 7) is 1.87. The second-order valence-electron chi connectivity index (χ2n) is 7.05. The molecule has 0 spiro atoms. The van der Waals surface area contributed by atoms with E-state index in [2.05, 4.69) is 26.1 Å². The lowest BCUT2D eigenvalue weighted by Crippen LogP contribution is -2.42. The summed E-state index contributed by atoms with van der Waals surface area (Å²) >= 11 is 0. The number of carbonyl (C=O) groups excluding carboxylic acids is 2. The molecule has 2 amide bonds. The molecule has 0 atom stereocenters. The molecule has 3 N–H and O–H groups in total.